The molecule has 0 spiro atoms. The van der Waals surface area contributed by atoms with Gasteiger partial charge >= 0.3 is 5.97 Å². The highest BCUT2D eigenvalue weighted by Gasteiger charge is 2.38. The van der Waals surface area contributed by atoms with Gasteiger partial charge in [0.2, 0.25) is 11.8 Å². The third kappa shape index (κ3) is 15.6. The van der Waals surface area contributed by atoms with Gasteiger partial charge in [-0.25, -0.2) is 24.6 Å². The van der Waals surface area contributed by atoms with Crippen LogP contribution in [0.4, 0.5) is 5.82 Å². The Kier molecular flexibility index (Phi) is 19.6. The second kappa shape index (κ2) is 25.0. The molecule has 1 aliphatic heterocycles. The van der Waals surface area contributed by atoms with Crippen molar-refractivity contribution in [3.63, 3.8) is 0 Å². The number of phenols is 1. The van der Waals surface area contributed by atoms with Gasteiger partial charge in [-0.3, -0.25) is 19.2 Å². The molecular formula is C50H67N9O14S. The molecule has 2 heterocycles. The van der Waals surface area contributed by atoms with Crippen LogP contribution in [0.5, 0.6) is 23.0 Å². The Labute approximate surface area is 429 Å². The van der Waals surface area contributed by atoms with Crippen molar-refractivity contribution in [3.8, 4) is 45.5 Å². The van der Waals surface area contributed by atoms with E-state index in [1.807, 2.05) is 0 Å². The third-order valence-corrected chi connectivity index (χ3v) is 12.7. The number of nitrogens with zero attached hydrogens (tertiary/aromatic N) is 3. The molecule has 0 unspecified atom stereocenters. The molecule has 74 heavy (non-hydrogen) atoms. The average molecular weight is 1050 g/mol. The summed E-state index contributed by atoms with van der Waals surface area (Å²) in [6.45, 7) is 7.70. The van der Waals surface area contributed by atoms with E-state index in [9.17, 15) is 52.8 Å². The Morgan fingerprint density at radius 1 is 0.919 bits per heavy atom. The number of aromatic hydroxyl groups is 1. The Hall–Kier alpha value is -6.80. The molecule has 402 valence electrons. The van der Waals surface area contributed by atoms with E-state index in [0.717, 1.165) is 11.3 Å². The molecule has 5 rings (SSSR count). The number of hydrogen-bond acceptors (Lipinski definition) is 18. The number of likely N-dealkylation sites (N-methyl/N-ethyl adjacent to an activating group) is 1. The van der Waals surface area contributed by atoms with Crippen molar-refractivity contribution in [1.29, 1.82) is 0 Å². The van der Waals surface area contributed by atoms with E-state index < -0.39 is 107 Å². The van der Waals surface area contributed by atoms with Crippen LogP contribution in [-0.4, -0.2) is 138 Å². The van der Waals surface area contributed by atoms with E-state index >= 15 is 0 Å². The Balaban J connectivity index is 1.62. The van der Waals surface area contributed by atoms with Gasteiger partial charge in [0.05, 0.1) is 23.8 Å². The van der Waals surface area contributed by atoms with Gasteiger partial charge in [0.25, 0.3) is 10.2 Å². The minimum absolute atomic E-state index is 0.0272. The second-order valence-electron chi connectivity index (χ2n) is 19.5. The minimum Gasteiger partial charge on any atom is -0.504 e. The zero-order valence-corrected chi connectivity index (χ0v) is 43.0. The minimum atomic E-state index is -4.50. The van der Waals surface area contributed by atoms with Crippen molar-refractivity contribution in [3.05, 3.63) is 77.0 Å². The summed E-state index contributed by atoms with van der Waals surface area (Å²) in [4.78, 5) is 80.2. The number of aliphatic hydroxyl groups is 2. The number of aryl methyl sites for hydroxylation is 1. The highest BCUT2D eigenvalue weighted by atomic mass is 32.2. The maximum atomic E-state index is 15.0. The van der Waals surface area contributed by atoms with E-state index in [1.54, 1.807) is 24.3 Å². The number of nitrogens with one attached hydrogen (secondary N) is 2. The maximum Gasteiger partial charge on any atom is 0.326 e. The quantitative estimate of drug-likeness (QED) is 0.0529. The van der Waals surface area contributed by atoms with Crippen molar-refractivity contribution < 1.29 is 67.0 Å². The van der Waals surface area contributed by atoms with Crippen LogP contribution in [0.3, 0.4) is 0 Å². The van der Waals surface area contributed by atoms with Gasteiger partial charge in [-0.1, -0.05) is 33.8 Å². The predicted octanol–water partition coefficient (Wildman–Crippen LogP) is 1.52. The van der Waals surface area contributed by atoms with Crippen molar-refractivity contribution in [2.75, 3.05) is 52.2 Å². The summed E-state index contributed by atoms with van der Waals surface area (Å²) in [5.74, 6) is -7.93. The first-order valence-electron chi connectivity index (χ1n) is 23.7. The van der Waals surface area contributed by atoms with Crippen LogP contribution in [0.15, 0.2) is 54.6 Å². The van der Waals surface area contributed by atoms with E-state index in [2.05, 4.69) is 40.8 Å². The summed E-state index contributed by atoms with van der Waals surface area (Å²) in [5.41, 5.74) is 18.5. The number of rotatable bonds is 21. The van der Waals surface area contributed by atoms with Gasteiger partial charge in [-0.2, -0.15) is 8.42 Å². The Morgan fingerprint density at radius 3 is 2.14 bits per heavy atom. The number of aliphatic carboxylic acids is 1. The highest BCUT2D eigenvalue weighted by molar-refractivity contribution is 7.87. The number of aromatic nitrogens is 2. The number of aliphatic hydroxyl groups excluding tert-OH is 2. The number of ketones is 2. The van der Waals surface area contributed by atoms with Crippen molar-refractivity contribution in [2.45, 2.75) is 84.6 Å². The number of fused-ring (bicyclic) bond motifs is 5. The predicted molar refractivity (Wildman–Crippen MR) is 272 cm³/mol. The van der Waals surface area contributed by atoms with Crippen LogP contribution < -0.4 is 46.6 Å². The first-order valence-corrected chi connectivity index (χ1v) is 25.3. The van der Waals surface area contributed by atoms with Crippen molar-refractivity contribution in [2.24, 2.45) is 33.9 Å². The molecular weight excluding hydrogens is 983 g/mol. The maximum absolute atomic E-state index is 15.0. The van der Waals surface area contributed by atoms with E-state index in [-0.39, 0.29) is 82.6 Å². The molecule has 0 saturated heterocycles. The lowest BCUT2D eigenvalue weighted by Crippen LogP contribution is -2.46. The fourth-order valence-electron chi connectivity index (χ4n) is 7.98. The first-order chi connectivity index (χ1) is 34.7. The smallest absolute Gasteiger partial charge is 0.326 e. The number of Topliss-reactive ketones (excluding diaryl/α,β-unsaturated/α-hetero) is 2. The number of anilines is 1. The topological polar surface area (TPSA) is 385 Å². The van der Waals surface area contributed by atoms with Gasteiger partial charge in [0, 0.05) is 68.6 Å². The molecule has 0 aliphatic carbocycles. The molecule has 6 atom stereocenters. The van der Waals surface area contributed by atoms with E-state index in [0.29, 0.717) is 23.5 Å². The SMILES string of the molecule is Cc1nc(-c2ccc(OCCC(C)(C)C)cc2)nc(N)c1C(=O)C[C@@H](CNS(N)(=O)=O)C(=O)N(C)[C@@H]1C(=O)C[C@@H](C)C(=O)N[C@H](C(=O)O)Cc2ccc(OC[C@H](O)CN)c(c2)-c2cc1cc(OC[C@H](O)CN)c2O. The zero-order valence-electron chi connectivity index (χ0n) is 42.2. The van der Waals surface area contributed by atoms with Crippen LogP contribution in [0.25, 0.3) is 22.5 Å². The average Bonchev–Trinajstić information content (AvgIpc) is 3.32. The van der Waals surface area contributed by atoms with Crippen molar-refractivity contribution in [1.82, 2.24) is 24.9 Å². The lowest BCUT2D eigenvalue weighted by molar-refractivity contribution is -0.143. The summed E-state index contributed by atoms with van der Waals surface area (Å²) in [5, 5.41) is 50.6. The van der Waals surface area contributed by atoms with Crippen LogP contribution in [0.2, 0.25) is 0 Å². The number of hydrogen-bond donors (Lipinski definition) is 10. The summed E-state index contributed by atoms with van der Waals surface area (Å²) < 4.78 is 44.4. The van der Waals surface area contributed by atoms with Gasteiger partial charge in [0.15, 0.2) is 28.9 Å². The first kappa shape index (κ1) is 58.1. The fraction of sp³-hybridized carbons (Fsp3) is 0.460. The van der Waals surface area contributed by atoms with Gasteiger partial charge < -0.3 is 62.1 Å². The second-order valence-corrected chi connectivity index (χ2v) is 20.8. The number of carbonyl (C=O) groups excluding carboxylic acids is 4. The van der Waals surface area contributed by atoms with Crippen LogP contribution >= 0.6 is 0 Å². The summed E-state index contributed by atoms with van der Waals surface area (Å²) in [6.07, 6.45) is -3.18. The molecule has 1 aromatic heterocycles. The van der Waals surface area contributed by atoms with Crippen molar-refractivity contribution >= 4 is 45.4 Å². The number of ether oxygens (including phenoxy) is 3. The van der Waals surface area contributed by atoms with Gasteiger partial charge in [0.1, 0.15) is 54.8 Å². The molecule has 23 nitrogen and oxygen atoms in total. The number of carboxylic acids is 1. The molecule has 4 bridgehead atoms. The standard InChI is InChI=1S/C50H67N9O14S/c1-26-15-39(63)43(30-18-36(44(64)41(20-30)73-25-33(61)22-52)35-16-28(17-37(49(67)68)57-47(26)65)7-12-40(35)72-24-32(60)21-51)59(6)48(66)31(23-55-74(54,69)70)19-38(62)42-27(2)56-46(58-45(42)53)29-8-10-34(11-9-29)71-14-13-50(3,4)5/h7-12,16,18,20,26,31-33,37,43,55,60-61,64H,13-15,17,19,21-25,51-52H2,1-6H3,(H,57,65)(H,67,68)(H2,53,56,58)(H2,54,69,70)/t26-,31+,32-,33-,37+,43+/m1/s1. The monoisotopic (exact) mass is 1050 g/mol. The molecule has 1 aliphatic rings. The Bertz CT molecular complexity index is 2780. The lowest BCUT2D eigenvalue weighted by atomic mass is 9.88. The molecule has 0 saturated carbocycles. The molecule has 14 N–H and O–H groups in total. The molecule has 3 aromatic carbocycles. The van der Waals surface area contributed by atoms with Gasteiger partial charge in [-0.15, -0.1) is 0 Å². The number of amides is 2. The highest BCUT2D eigenvalue weighted by Crippen LogP contribution is 2.45. The van der Waals surface area contributed by atoms with E-state index in [4.69, 9.17) is 36.6 Å². The fourth-order valence-corrected chi connectivity index (χ4v) is 8.41. The van der Waals surface area contributed by atoms with Crippen LogP contribution in [0, 0.1) is 24.2 Å². The zero-order chi connectivity index (χ0) is 54.8. The van der Waals surface area contributed by atoms with Crippen LogP contribution in [0.1, 0.15) is 80.2 Å². The molecule has 0 fully saturated rings. The largest absolute Gasteiger partial charge is 0.504 e. The number of carbonyl (C=O) groups is 5. The summed E-state index contributed by atoms with van der Waals surface area (Å²) in [6, 6.07) is 10.6. The Morgan fingerprint density at radius 2 is 1.55 bits per heavy atom. The summed E-state index contributed by atoms with van der Waals surface area (Å²) >= 11 is 0. The van der Waals surface area contributed by atoms with Gasteiger partial charge in [-0.05, 0) is 78.4 Å². The molecule has 2 amide bonds. The molecule has 24 heteroatoms. The normalized spacial score (nSPS) is 17.5. The molecule has 4 aromatic rings. The molecule has 0 radical (unpaired) electrons. The number of carboxylic acid groups (broad SMARTS) is 1. The summed E-state index contributed by atoms with van der Waals surface area (Å²) in [7, 11) is -3.31. The van der Waals surface area contributed by atoms with Crippen LogP contribution in [-0.2, 0) is 35.8 Å². The lowest BCUT2D eigenvalue weighted by Gasteiger charge is -2.32. The number of phenolic OH excluding ortho intramolecular Hbond substituents is 1. The third-order valence-electron chi connectivity index (χ3n) is 12.1. The number of benzene rings is 3. The number of nitrogens with two attached hydrogens (primary N) is 4. The number of nitrogen functional groups attached to an aromatic ring is 1. The van der Waals surface area contributed by atoms with E-state index in [1.165, 1.54) is 51.2 Å².